The maximum atomic E-state index is 14.2. The third-order valence-corrected chi connectivity index (χ3v) is 10.8. The van der Waals surface area contributed by atoms with Crippen LogP contribution in [0.25, 0.3) is 0 Å². The van der Waals surface area contributed by atoms with Gasteiger partial charge in [-0.2, -0.15) is 0 Å². The molecule has 0 aromatic rings. The van der Waals surface area contributed by atoms with Crippen LogP contribution in [-0.2, 0) is 33.4 Å². The summed E-state index contributed by atoms with van der Waals surface area (Å²) in [6.45, 7) is 17.2. The largest absolute Gasteiger partial charge is 0.379 e. The van der Waals surface area contributed by atoms with E-state index in [4.69, 9.17) is 9.47 Å². The number of hydrogen-bond acceptors (Lipinski definition) is 9. The van der Waals surface area contributed by atoms with Crippen molar-refractivity contribution in [2.24, 2.45) is 23.7 Å². The molecule has 14 nitrogen and oxygen atoms in total. The van der Waals surface area contributed by atoms with Gasteiger partial charge in [-0.15, -0.1) is 0 Å². The molecule has 0 aromatic heterocycles. The first-order valence-electron chi connectivity index (χ1n) is 19.6. The number of likely N-dealkylation sites (tertiary alicyclic amines) is 1. The zero-order chi connectivity index (χ0) is 40.7. The maximum Gasteiger partial charge on any atom is 0.245 e. The molecule has 1 saturated heterocycles. The number of carbonyl (C=O) groups is 5. The van der Waals surface area contributed by atoms with Gasteiger partial charge < -0.3 is 40.1 Å². The number of rotatable bonds is 23. The first kappa shape index (κ1) is 48.2. The molecule has 0 spiro atoms. The van der Waals surface area contributed by atoms with Crippen molar-refractivity contribution in [3.63, 3.8) is 0 Å². The third kappa shape index (κ3) is 13.8. The van der Waals surface area contributed by atoms with E-state index in [0.717, 1.165) is 12.8 Å². The Hall–Kier alpha value is -2.81. The lowest BCUT2D eigenvalue weighted by Crippen LogP contribution is -2.59. The Morgan fingerprint density at radius 3 is 1.91 bits per heavy atom. The van der Waals surface area contributed by atoms with Gasteiger partial charge in [0.25, 0.3) is 0 Å². The standard InChI is InChI=1S/C39H75N7O7/c1-16-26(7)34(45(13)39(51)32(24(3)4)42-38(50)33(25(5)6)44(11)12)30(52-14)23-31(47)46-21-18-19-29(46)35(53-15)27(8)36(48)41-28(17-2)37(49)40-20-22-43(9)10/h24-30,32-35H,16-23H2,1-15H3,(H,40,49)(H,41,48)(H,42,50)/t26-,27+,28-,29-,30+,32-,33-,34-,35+/m0/s1. The molecule has 3 N–H and O–H groups in total. The van der Waals surface area contributed by atoms with Crippen LogP contribution in [-0.4, -0.2) is 161 Å². The Labute approximate surface area is 320 Å². The van der Waals surface area contributed by atoms with Crippen molar-refractivity contribution in [2.75, 3.05) is 69.1 Å². The van der Waals surface area contributed by atoms with Crippen molar-refractivity contribution < 1.29 is 33.4 Å². The van der Waals surface area contributed by atoms with E-state index in [1.807, 2.05) is 86.5 Å². The molecule has 14 heteroatoms. The molecule has 308 valence electrons. The quantitative estimate of drug-likeness (QED) is 0.143. The molecule has 1 rings (SSSR count). The highest BCUT2D eigenvalue weighted by Gasteiger charge is 2.43. The van der Waals surface area contributed by atoms with E-state index in [2.05, 4.69) is 16.0 Å². The van der Waals surface area contributed by atoms with Gasteiger partial charge >= 0.3 is 0 Å². The molecule has 1 fully saturated rings. The van der Waals surface area contributed by atoms with Crippen molar-refractivity contribution in [1.29, 1.82) is 0 Å². The number of carbonyl (C=O) groups excluding carboxylic acids is 5. The SMILES string of the molecule is CC[C@H](NC(=O)[C@H](C)[C@@H](OC)[C@@H]1CCCN1C(=O)C[C@@H](OC)[C@H]([C@@H](C)CC)N(C)C(=O)[C@@H](NC(=O)[C@H](C(C)C)N(C)C)C(C)C)C(=O)NCCN(C)C. The second kappa shape index (κ2) is 23.2. The summed E-state index contributed by atoms with van der Waals surface area (Å²) in [7, 11) is 12.4. The monoisotopic (exact) mass is 754 g/mol. The van der Waals surface area contributed by atoms with Gasteiger partial charge in [-0.3, -0.25) is 28.9 Å². The van der Waals surface area contributed by atoms with Crippen LogP contribution in [0.5, 0.6) is 0 Å². The molecule has 1 aliphatic rings. The minimum absolute atomic E-state index is 0.0215. The molecule has 1 heterocycles. The Morgan fingerprint density at radius 2 is 1.43 bits per heavy atom. The molecule has 0 unspecified atom stereocenters. The molecule has 0 aliphatic carbocycles. The fraction of sp³-hybridized carbons (Fsp3) is 0.872. The lowest BCUT2D eigenvalue weighted by Gasteiger charge is -2.41. The van der Waals surface area contributed by atoms with Gasteiger partial charge in [-0.25, -0.2) is 0 Å². The summed E-state index contributed by atoms with van der Waals surface area (Å²) in [5.74, 6) is -1.91. The van der Waals surface area contributed by atoms with E-state index in [1.165, 1.54) is 0 Å². The van der Waals surface area contributed by atoms with E-state index < -0.39 is 42.3 Å². The summed E-state index contributed by atoms with van der Waals surface area (Å²) >= 11 is 0. The Kier molecular flexibility index (Phi) is 21.1. The zero-order valence-corrected chi connectivity index (χ0v) is 35.7. The maximum absolute atomic E-state index is 14.2. The minimum Gasteiger partial charge on any atom is -0.379 e. The van der Waals surface area contributed by atoms with Crippen LogP contribution < -0.4 is 16.0 Å². The third-order valence-electron chi connectivity index (χ3n) is 10.8. The molecule has 0 radical (unpaired) electrons. The second-order valence-electron chi connectivity index (χ2n) is 16.0. The number of ether oxygens (including phenoxy) is 2. The number of methoxy groups -OCH3 is 2. The number of nitrogens with one attached hydrogen (secondary N) is 3. The van der Waals surface area contributed by atoms with E-state index in [1.54, 1.807) is 38.0 Å². The molecule has 0 bridgehead atoms. The van der Waals surface area contributed by atoms with Crippen molar-refractivity contribution in [2.45, 2.75) is 130 Å². The van der Waals surface area contributed by atoms with E-state index in [9.17, 15) is 24.0 Å². The van der Waals surface area contributed by atoms with Crippen LogP contribution in [0.3, 0.4) is 0 Å². The molecule has 1 aliphatic heterocycles. The number of hydrogen-bond donors (Lipinski definition) is 3. The second-order valence-corrected chi connectivity index (χ2v) is 16.0. The van der Waals surface area contributed by atoms with Gasteiger partial charge in [0.15, 0.2) is 0 Å². The van der Waals surface area contributed by atoms with Crippen molar-refractivity contribution in [1.82, 2.24) is 35.6 Å². The van der Waals surface area contributed by atoms with Crippen LogP contribution in [0.15, 0.2) is 0 Å². The first-order valence-corrected chi connectivity index (χ1v) is 19.6. The smallest absolute Gasteiger partial charge is 0.245 e. The molecule has 0 aromatic carbocycles. The number of amides is 5. The number of likely N-dealkylation sites (N-methyl/N-ethyl adjacent to an activating group) is 3. The predicted octanol–water partition coefficient (Wildman–Crippen LogP) is 2.21. The van der Waals surface area contributed by atoms with Crippen LogP contribution >= 0.6 is 0 Å². The summed E-state index contributed by atoms with van der Waals surface area (Å²) in [6, 6.07) is -2.64. The van der Waals surface area contributed by atoms with Gasteiger partial charge in [0.1, 0.15) is 12.1 Å². The van der Waals surface area contributed by atoms with Gasteiger partial charge in [-0.05, 0) is 65.2 Å². The highest BCUT2D eigenvalue weighted by molar-refractivity contribution is 5.90. The fourth-order valence-electron chi connectivity index (χ4n) is 7.59. The average Bonchev–Trinajstić information content (AvgIpc) is 3.57. The Bertz CT molecular complexity index is 1160. The normalized spacial score (nSPS) is 19.4. The summed E-state index contributed by atoms with van der Waals surface area (Å²) in [5.41, 5.74) is 0. The molecular formula is C39H75N7O7. The highest BCUT2D eigenvalue weighted by Crippen LogP contribution is 2.29. The van der Waals surface area contributed by atoms with E-state index in [-0.39, 0.29) is 59.8 Å². The van der Waals surface area contributed by atoms with Crippen LogP contribution in [0.2, 0.25) is 0 Å². The van der Waals surface area contributed by atoms with E-state index in [0.29, 0.717) is 32.5 Å². The highest BCUT2D eigenvalue weighted by atomic mass is 16.5. The van der Waals surface area contributed by atoms with Crippen molar-refractivity contribution in [3.8, 4) is 0 Å². The molecule has 5 amide bonds. The Morgan fingerprint density at radius 1 is 0.811 bits per heavy atom. The summed E-state index contributed by atoms with van der Waals surface area (Å²) in [5, 5.41) is 8.82. The van der Waals surface area contributed by atoms with Crippen LogP contribution in [0.1, 0.15) is 87.5 Å². The van der Waals surface area contributed by atoms with Gasteiger partial charge in [0.05, 0.1) is 42.7 Å². The lowest BCUT2D eigenvalue weighted by atomic mass is 9.89. The Balaban J connectivity index is 3.22. The van der Waals surface area contributed by atoms with Gasteiger partial charge in [0.2, 0.25) is 29.5 Å². The van der Waals surface area contributed by atoms with E-state index >= 15 is 0 Å². The van der Waals surface area contributed by atoms with Crippen molar-refractivity contribution in [3.05, 3.63) is 0 Å². The first-order chi connectivity index (χ1) is 24.8. The van der Waals surface area contributed by atoms with Crippen LogP contribution in [0, 0.1) is 23.7 Å². The molecule has 9 atom stereocenters. The number of nitrogens with zero attached hydrogens (tertiary/aromatic N) is 4. The van der Waals surface area contributed by atoms with Crippen LogP contribution in [0.4, 0.5) is 0 Å². The molecule has 0 saturated carbocycles. The minimum atomic E-state index is -0.761. The summed E-state index contributed by atoms with van der Waals surface area (Å²) in [4.78, 5) is 75.4. The van der Waals surface area contributed by atoms with Gasteiger partial charge in [0, 0.05) is 40.9 Å². The fourth-order valence-corrected chi connectivity index (χ4v) is 7.59. The summed E-state index contributed by atoms with van der Waals surface area (Å²) in [6.07, 6.45) is 1.39. The predicted molar refractivity (Wildman–Crippen MR) is 209 cm³/mol. The van der Waals surface area contributed by atoms with Crippen molar-refractivity contribution >= 4 is 29.5 Å². The summed E-state index contributed by atoms with van der Waals surface area (Å²) < 4.78 is 11.9. The lowest BCUT2D eigenvalue weighted by molar-refractivity contribution is -0.148. The average molecular weight is 754 g/mol. The zero-order valence-electron chi connectivity index (χ0n) is 35.7. The topological polar surface area (TPSA) is 153 Å². The van der Waals surface area contributed by atoms with Gasteiger partial charge in [-0.1, -0.05) is 61.8 Å². The molecule has 53 heavy (non-hydrogen) atoms. The molecular weight excluding hydrogens is 678 g/mol.